The molecule has 2 aromatic rings. The topological polar surface area (TPSA) is 72.4 Å². The van der Waals surface area contributed by atoms with Crippen LogP contribution in [-0.2, 0) is 6.54 Å². The van der Waals surface area contributed by atoms with Gasteiger partial charge in [0.15, 0.2) is 0 Å². The lowest BCUT2D eigenvalue weighted by Crippen LogP contribution is -2.23. The van der Waals surface area contributed by atoms with Crippen molar-refractivity contribution in [2.75, 3.05) is 11.4 Å². The van der Waals surface area contributed by atoms with Crippen molar-refractivity contribution in [1.82, 2.24) is 0 Å². The van der Waals surface area contributed by atoms with E-state index in [1.165, 1.54) is 6.07 Å². The van der Waals surface area contributed by atoms with Crippen LogP contribution in [0.4, 0.5) is 11.4 Å². The first-order valence-electron chi connectivity index (χ1n) is 6.58. The molecule has 1 heterocycles. The molecule has 1 aliphatic rings. The number of hydrogen-bond donors (Lipinski definition) is 1. The average molecular weight is 304 g/mol. The highest BCUT2D eigenvalue weighted by atomic mass is 35.5. The van der Waals surface area contributed by atoms with Crippen LogP contribution in [0.2, 0.25) is 5.02 Å². The van der Waals surface area contributed by atoms with E-state index in [1.807, 2.05) is 24.3 Å². The molecule has 0 amide bonds. The summed E-state index contributed by atoms with van der Waals surface area (Å²) in [5, 5.41) is 11.5. The monoisotopic (exact) mass is 303 g/mol. The van der Waals surface area contributed by atoms with Crippen LogP contribution in [0.3, 0.4) is 0 Å². The Balaban J connectivity index is 1.90. The standard InChI is InChI=1S/C15H14ClN3O2/c16-11-3-1-2-10(6-11)8-18-9-14(17)13-7-12(19(20)21)4-5-15(13)18/h1-7,14H,8-9,17H2/t14-/m1/s1. The number of nitrogens with two attached hydrogens (primary N) is 1. The van der Waals surface area contributed by atoms with Crippen LogP contribution in [-0.4, -0.2) is 11.5 Å². The Hall–Kier alpha value is -2.11. The second-order valence-corrected chi connectivity index (χ2v) is 5.55. The van der Waals surface area contributed by atoms with Gasteiger partial charge in [-0.15, -0.1) is 0 Å². The van der Waals surface area contributed by atoms with Gasteiger partial charge in [0.05, 0.1) is 4.92 Å². The van der Waals surface area contributed by atoms with Gasteiger partial charge in [-0.05, 0) is 23.8 Å². The largest absolute Gasteiger partial charge is 0.365 e. The van der Waals surface area contributed by atoms with Crippen LogP contribution in [0.1, 0.15) is 17.2 Å². The number of rotatable bonds is 3. The van der Waals surface area contributed by atoms with Crippen molar-refractivity contribution < 1.29 is 4.92 Å². The maximum absolute atomic E-state index is 10.9. The predicted molar refractivity (Wildman–Crippen MR) is 82.5 cm³/mol. The molecule has 108 valence electrons. The minimum absolute atomic E-state index is 0.0776. The summed E-state index contributed by atoms with van der Waals surface area (Å²) in [5.74, 6) is 0. The number of nitro benzene ring substituents is 1. The fraction of sp³-hybridized carbons (Fsp3) is 0.200. The Labute approximate surface area is 127 Å². The summed E-state index contributed by atoms with van der Waals surface area (Å²) in [6.45, 7) is 1.32. The van der Waals surface area contributed by atoms with E-state index in [0.29, 0.717) is 18.1 Å². The molecule has 0 fully saturated rings. The molecule has 0 saturated carbocycles. The smallest absolute Gasteiger partial charge is 0.269 e. The van der Waals surface area contributed by atoms with Crippen LogP contribution in [0.25, 0.3) is 0 Å². The van der Waals surface area contributed by atoms with E-state index in [2.05, 4.69) is 4.90 Å². The van der Waals surface area contributed by atoms with Crippen LogP contribution in [0.15, 0.2) is 42.5 Å². The number of non-ortho nitro benzene ring substituents is 1. The van der Waals surface area contributed by atoms with Crippen LogP contribution in [0, 0.1) is 10.1 Å². The van der Waals surface area contributed by atoms with Gasteiger partial charge in [-0.1, -0.05) is 23.7 Å². The second-order valence-electron chi connectivity index (χ2n) is 5.12. The Morgan fingerprint density at radius 3 is 2.86 bits per heavy atom. The first-order chi connectivity index (χ1) is 10.0. The van der Waals surface area contributed by atoms with Crippen LogP contribution in [0.5, 0.6) is 0 Å². The minimum atomic E-state index is -0.396. The molecule has 5 nitrogen and oxygen atoms in total. The fourth-order valence-electron chi connectivity index (χ4n) is 2.68. The molecular weight excluding hydrogens is 290 g/mol. The number of nitrogens with zero attached hydrogens (tertiary/aromatic N) is 2. The van der Waals surface area contributed by atoms with Crippen molar-refractivity contribution in [3.63, 3.8) is 0 Å². The third-order valence-electron chi connectivity index (χ3n) is 3.64. The van der Waals surface area contributed by atoms with Crippen molar-refractivity contribution in [2.45, 2.75) is 12.6 Å². The molecule has 0 saturated heterocycles. The van der Waals surface area contributed by atoms with Gasteiger partial charge >= 0.3 is 0 Å². The highest BCUT2D eigenvalue weighted by Crippen LogP contribution is 2.36. The van der Waals surface area contributed by atoms with Crippen molar-refractivity contribution in [2.24, 2.45) is 5.73 Å². The van der Waals surface area contributed by atoms with Crippen molar-refractivity contribution in [1.29, 1.82) is 0 Å². The zero-order valence-corrected chi connectivity index (χ0v) is 12.0. The summed E-state index contributed by atoms with van der Waals surface area (Å²) in [6.07, 6.45) is 0. The Morgan fingerprint density at radius 1 is 1.33 bits per heavy atom. The fourth-order valence-corrected chi connectivity index (χ4v) is 2.89. The van der Waals surface area contributed by atoms with Gasteiger partial charge in [0.2, 0.25) is 0 Å². The average Bonchev–Trinajstić information content (AvgIpc) is 2.75. The second kappa shape index (κ2) is 5.35. The number of nitro groups is 1. The van der Waals surface area contributed by atoms with Crippen molar-refractivity contribution in [3.8, 4) is 0 Å². The van der Waals surface area contributed by atoms with Gasteiger partial charge in [0.1, 0.15) is 0 Å². The van der Waals surface area contributed by atoms with Gasteiger partial charge in [-0.3, -0.25) is 10.1 Å². The normalized spacial score (nSPS) is 16.9. The van der Waals surface area contributed by atoms with Gasteiger partial charge in [0.25, 0.3) is 5.69 Å². The maximum Gasteiger partial charge on any atom is 0.269 e. The lowest BCUT2D eigenvalue weighted by molar-refractivity contribution is -0.384. The minimum Gasteiger partial charge on any atom is -0.365 e. The third-order valence-corrected chi connectivity index (χ3v) is 3.88. The quantitative estimate of drug-likeness (QED) is 0.697. The highest BCUT2D eigenvalue weighted by molar-refractivity contribution is 6.30. The van der Waals surface area contributed by atoms with Crippen molar-refractivity contribution >= 4 is 23.0 Å². The summed E-state index contributed by atoms with van der Waals surface area (Å²) in [7, 11) is 0. The summed E-state index contributed by atoms with van der Waals surface area (Å²) in [4.78, 5) is 12.6. The molecule has 0 bridgehead atoms. The van der Waals surface area contributed by atoms with E-state index >= 15 is 0 Å². The number of hydrogen-bond acceptors (Lipinski definition) is 4. The first kappa shape index (κ1) is 13.9. The van der Waals surface area contributed by atoms with E-state index in [1.54, 1.807) is 12.1 Å². The number of benzene rings is 2. The molecule has 0 aromatic heterocycles. The van der Waals surface area contributed by atoms with E-state index in [4.69, 9.17) is 17.3 Å². The van der Waals surface area contributed by atoms with E-state index < -0.39 is 4.92 Å². The number of anilines is 1. The molecule has 1 atom stereocenters. The van der Waals surface area contributed by atoms with E-state index in [0.717, 1.165) is 16.8 Å². The molecular formula is C15H14ClN3O2. The Morgan fingerprint density at radius 2 is 2.14 bits per heavy atom. The number of halogens is 1. The van der Waals surface area contributed by atoms with Gasteiger partial charge in [-0.25, -0.2) is 0 Å². The van der Waals surface area contributed by atoms with E-state index in [-0.39, 0.29) is 11.7 Å². The molecule has 6 heteroatoms. The van der Waals surface area contributed by atoms with Gasteiger partial charge in [0, 0.05) is 47.5 Å². The van der Waals surface area contributed by atoms with Gasteiger partial charge < -0.3 is 10.6 Å². The lowest BCUT2D eigenvalue weighted by Gasteiger charge is -2.19. The van der Waals surface area contributed by atoms with Crippen molar-refractivity contribution in [3.05, 3.63) is 68.7 Å². The molecule has 0 aliphatic carbocycles. The number of fused-ring (bicyclic) bond motifs is 1. The molecule has 2 aromatic carbocycles. The molecule has 0 spiro atoms. The Bertz CT molecular complexity index is 705. The molecule has 3 rings (SSSR count). The summed E-state index contributed by atoms with van der Waals surface area (Å²) in [5.41, 5.74) is 9.04. The third kappa shape index (κ3) is 2.70. The van der Waals surface area contributed by atoms with Crippen LogP contribution < -0.4 is 10.6 Å². The summed E-state index contributed by atoms with van der Waals surface area (Å²) < 4.78 is 0. The van der Waals surface area contributed by atoms with E-state index in [9.17, 15) is 10.1 Å². The van der Waals surface area contributed by atoms with Gasteiger partial charge in [-0.2, -0.15) is 0 Å². The highest BCUT2D eigenvalue weighted by Gasteiger charge is 2.27. The maximum atomic E-state index is 10.9. The predicted octanol–water partition coefficient (Wildman–Crippen LogP) is 3.27. The first-order valence-corrected chi connectivity index (χ1v) is 6.95. The van der Waals surface area contributed by atoms with Crippen LogP contribution >= 0.6 is 11.6 Å². The molecule has 0 radical (unpaired) electrons. The summed E-state index contributed by atoms with van der Waals surface area (Å²) >= 11 is 6.00. The summed E-state index contributed by atoms with van der Waals surface area (Å²) in [6, 6.07) is 12.3. The molecule has 0 unspecified atom stereocenters. The Kier molecular flexibility index (Phi) is 3.53. The zero-order valence-electron chi connectivity index (χ0n) is 11.2. The SMILES string of the molecule is N[C@@H]1CN(Cc2cccc(Cl)c2)c2ccc([N+](=O)[O-])cc21. The zero-order chi connectivity index (χ0) is 15.0. The lowest BCUT2D eigenvalue weighted by atomic mass is 10.1. The molecule has 2 N–H and O–H groups in total. The molecule has 1 aliphatic heterocycles. The molecule has 21 heavy (non-hydrogen) atoms.